The van der Waals surface area contributed by atoms with Gasteiger partial charge in [-0.25, -0.2) is 17.8 Å². The summed E-state index contributed by atoms with van der Waals surface area (Å²) in [6.07, 6.45) is 3.12. The van der Waals surface area contributed by atoms with E-state index in [-0.39, 0.29) is 17.1 Å². The third kappa shape index (κ3) is 2.91. The molecule has 0 atom stereocenters. The molecule has 0 fully saturated rings. The van der Waals surface area contributed by atoms with Crippen LogP contribution < -0.4 is 5.73 Å². The highest BCUT2D eigenvalue weighted by molar-refractivity contribution is 7.89. The molecule has 1 heterocycles. The lowest BCUT2D eigenvalue weighted by Gasteiger charge is -2.16. The molecule has 19 heavy (non-hydrogen) atoms. The molecular formula is C11H13FN4O2S. The molecule has 6 nitrogen and oxygen atoms in total. The van der Waals surface area contributed by atoms with Crippen molar-refractivity contribution in [3.63, 3.8) is 0 Å². The monoisotopic (exact) mass is 284 g/mol. The summed E-state index contributed by atoms with van der Waals surface area (Å²) in [5.74, 6) is -0.194. The number of nitrogen functional groups attached to an aromatic ring is 1. The van der Waals surface area contributed by atoms with Crippen LogP contribution in [-0.4, -0.2) is 29.7 Å². The van der Waals surface area contributed by atoms with Gasteiger partial charge in [0, 0.05) is 25.1 Å². The van der Waals surface area contributed by atoms with Crippen LogP contribution in [0.1, 0.15) is 5.82 Å². The largest absolute Gasteiger partial charge is 0.399 e. The minimum atomic E-state index is -3.81. The van der Waals surface area contributed by atoms with Gasteiger partial charge in [-0.1, -0.05) is 0 Å². The number of halogens is 1. The van der Waals surface area contributed by atoms with Crippen LogP contribution in [0.3, 0.4) is 0 Å². The minimum Gasteiger partial charge on any atom is -0.399 e. The number of imidazole rings is 1. The van der Waals surface area contributed by atoms with E-state index in [0.717, 1.165) is 16.4 Å². The summed E-state index contributed by atoms with van der Waals surface area (Å²) in [4.78, 5) is 6.56. The SMILES string of the molecule is CN(Cc1ncc[nH]1)S(=O)(=O)c1cc(N)cc(F)c1. The summed E-state index contributed by atoms with van der Waals surface area (Å²) >= 11 is 0. The Hall–Kier alpha value is -1.93. The van der Waals surface area contributed by atoms with E-state index in [9.17, 15) is 12.8 Å². The number of aromatic nitrogens is 2. The summed E-state index contributed by atoms with van der Waals surface area (Å²) in [5.41, 5.74) is 5.51. The fourth-order valence-corrected chi connectivity index (χ4v) is 2.79. The zero-order valence-corrected chi connectivity index (χ0v) is 11.0. The number of nitrogens with zero attached hydrogens (tertiary/aromatic N) is 2. The van der Waals surface area contributed by atoms with Gasteiger partial charge in [0.1, 0.15) is 11.6 Å². The predicted molar refractivity (Wildman–Crippen MR) is 68.1 cm³/mol. The van der Waals surface area contributed by atoms with Crippen molar-refractivity contribution in [2.45, 2.75) is 11.4 Å². The van der Waals surface area contributed by atoms with Gasteiger partial charge in [0.2, 0.25) is 10.0 Å². The summed E-state index contributed by atoms with van der Waals surface area (Å²) < 4.78 is 38.7. The first-order chi connectivity index (χ1) is 8.89. The van der Waals surface area contributed by atoms with Gasteiger partial charge in [0.05, 0.1) is 11.4 Å². The van der Waals surface area contributed by atoms with Gasteiger partial charge in [-0.15, -0.1) is 0 Å². The summed E-state index contributed by atoms with van der Waals surface area (Å²) in [5, 5.41) is 0. The van der Waals surface area contributed by atoms with Crippen molar-refractivity contribution >= 4 is 15.7 Å². The maximum absolute atomic E-state index is 13.2. The van der Waals surface area contributed by atoms with Crippen molar-refractivity contribution in [3.8, 4) is 0 Å². The first kappa shape index (κ1) is 13.5. The van der Waals surface area contributed by atoms with Gasteiger partial charge >= 0.3 is 0 Å². The van der Waals surface area contributed by atoms with Crippen LogP contribution in [-0.2, 0) is 16.6 Å². The highest BCUT2D eigenvalue weighted by atomic mass is 32.2. The van der Waals surface area contributed by atoms with Crippen molar-refractivity contribution in [3.05, 3.63) is 42.2 Å². The number of sulfonamides is 1. The van der Waals surface area contributed by atoms with E-state index in [2.05, 4.69) is 9.97 Å². The van der Waals surface area contributed by atoms with Gasteiger partial charge in [-0.05, 0) is 18.2 Å². The zero-order chi connectivity index (χ0) is 14.0. The maximum Gasteiger partial charge on any atom is 0.243 e. The highest BCUT2D eigenvalue weighted by Crippen LogP contribution is 2.20. The van der Waals surface area contributed by atoms with Crippen LogP contribution in [0.5, 0.6) is 0 Å². The molecule has 1 aromatic carbocycles. The van der Waals surface area contributed by atoms with E-state index >= 15 is 0 Å². The van der Waals surface area contributed by atoms with Crippen LogP contribution in [0.2, 0.25) is 0 Å². The van der Waals surface area contributed by atoms with E-state index in [1.54, 1.807) is 6.20 Å². The molecule has 0 spiro atoms. The van der Waals surface area contributed by atoms with Crippen LogP contribution in [0.4, 0.5) is 10.1 Å². The van der Waals surface area contributed by atoms with Crippen LogP contribution >= 0.6 is 0 Å². The van der Waals surface area contributed by atoms with Crippen molar-refractivity contribution in [1.29, 1.82) is 0 Å². The van der Waals surface area contributed by atoms with Crippen LogP contribution in [0.25, 0.3) is 0 Å². The summed E-state index contributed by atoms with van der Waals surface area (Å²) in [7, 11) is -2.42. The smallest absolute Gasteiger partial charge is 0.243 e. The van der Waals surface area contributed by atoms with Gasteiger partial charge in [0.25, 0.3) is 0 Å². The first-order valence-electron chi connectivity index (χ1n) is 5.40. The number of benzene rings is 1. The quantitative estimate of drug-likeness (QED) is 0.818. The molecule has 102 valence electrons. The van der Waals surface area contributed by atoms with Gasteiger partial charge in [-0.3, -0.25) is 0 Å². The molecule has 0 aliphatic heterocycles. The molecule has 2 rings (SSSR count). The normalized spacial score (nSPS) is 11.9. The summed E-state index contributed by atoms with van der Waals surface area (Å²) in [6.45, 7) is 0.0613. The van der Waals surface area contributed by atoms with Crippen molar-refractivity contribution in [2.24, 2.45) is 0 Å². The molecule has 0 saturated heterocycles. The predicted octanol–water partition coefficient (Wildman–Crippen LogP) is 0.952. The topological polar surface area (TPSA) is 92.1 Å². The Morgan fingerprint density at radius 3 is 2.74 bits per heavy atom. The highest BCUT2D eigenvalue weighted by Gasteiger charge is 2.22. The zero-order valence-electron chi connectivity index (χ0n) is 10.2. The van der Waals surface area contributed by atoms with E-state index in [0.29, 0.717) is 5.82 Å². The lowest BCUT2D eigenvalue weighted by Crippen LogP contribution is -2.27. The number of hydrogen-bond acceptors (Lipinski definition) is 4. The van der Waals surface area contributed by atoms with Crippen molar-refractivity contribution in [2.75, 3.05) is 12.8 Å². The molecular weight excluding hydrogens is 271 g/mol. The van der Waals surface area contributed by atoms with Gasteiger partial charge in [0.15, 0.2) is 0 Å². The van der Waals surface area contributed by atoms with Crippen LogP contribution in [0.15, 0.2) is 35.5 Å². The molecule has 3 N–H and O–H groups in total. The number of rotatable bonds is 4. The molecule has 1 aromatic heterocycles. The minimum absolute atomic E-state index is 0.0602. The third-order valence-corrected chi connectivity index (χ3v) is 4.31. The average molecular weight is 284 g/mol. The standard InChI is InChI=1S/C11H13FN4O2S/c1-16(7-11-14-2-3-15-11)19(17,18)10-5-8(12)4-9(13)6-10/h2-6H,7,13H2,1H3,(H,14,15). The lowest BCUT2D eigenvalue weighted by atomic mass is 10.3. The second-order valence-corrected chi connectivity index (χ2v) is 6.06. The van der Waals surface area contributed by atoms with Gasteiger partial charge in [-0.2, -0.15) is 4.31 Å². The number of hydrogen-bond donors (Lipinski definition) is 2. The number of anilines is 1. The Kier molecular flexibility index (Phi) is 3.54. The first-order valence-corrected chi connectivity index (χ1v) is 6.84. The molecule has 2 aromatic rings. The van der Waals surface area contributed by atoms with Crippen molar-refractivity contribution < 1.29 is 12.8 Å². The van der Waals surface area contributed by atoms with E-state index in [4.69, 9.17) is 5.73 Å². The summed E-state index contributed by atoms with van der Waals surface area (Å²) in [6, 6.07) is 3.22. The van der Waals surface area contributed by atoms with Gasteiger partial charge < -0.3 is 10.7 Å². The Bertz CT molecular complexity index is 650. The van der Waals surface area contributed by atoms with Crippen molar-refractivity contribution in [1.82, 2.24) is 14.3 Å². The number of nitrogens with one attached hydrogen (secondary N) is 1. The maximum atomic E-state index is 13.2. The number of H-pyrrole nitrogens is 1. The second-order valence-electron chi connectivity index (χ2n) is 4.02. The Morgan fingerprint density at radius 1 is 1.42 bits per heavy atom. The Labute approximate surface area is 110 Å². The number of aromatic amines is 1. The molecule has 8 heteroatoms. The van der Waals surface area contributed by atoms with E-state index in [1.165, 1.54) is 19.3 Å². The number of nitrogens with two attached hydrogens (primary N) is 1. The molecule has 0 radical (unpaired) electrons. The molecule has 0 amide bonds. The molecule has 0 bridgehead atoms. The average Bonchev–Trinajstić information content (AvgIpc) is 2.80. The fraction of sp³-hybridized carbons (Fsp3) is 0.182. The van der Waals surface area contributed by atoms with E-state index < -0.39 is 15.8 Å². The Morgan fingerprint density at radius 2 is 2.16 bits per heavy atom. The molecule has 0 aliphatic rings. The van der Waals surface area contributed by atoms with E-state index in [1.807, 2.05) is 0 Å². The fourth-order valence-electron chi connectivity index (χ4n) is 1.59. The molecule has 0 saturated carbocycles. The third-order valence-electron chi connectivity index (χ3n) is 2.53. The Balaban J connectivity index is 2.31. The molecule has 0 unspecified atom stereocenters. The molecule has 0 aliphatic carbocycles. The van der Waals surface area contributed by atoms with Crippen LogP contribution in [0, 0.1) is 5.82 Å². The second kappa shape index (κ2) is 4.98. The lowest BCUT2D eigenvalue weighted by molar-refractivity contribution is 0.457.